The van der Waals surface area contributed by atoms with Crippen molar-refractivity contribution < 1.29 is 38.5 Å². The van der Waals surface area contributed by atoms with E-state index in [0.29, 0.717) is 17.9 Å². The number of aryl methyl sites for hydroxylation is 1. The number of fused-ring (bicyclic) bond motifs is 1. The summed E-state index contributed by atoms with van der Waals surface area (Å²) in [6, 6.07) is 7.12. The van der Waals surface area contributed by atoms with Crippen LogP contribution in [-0.2, 0) is 20.2 Å². The summed E-state index contributed by atoms with van der Waals surface area (Å²) in [6.45, 7) is 1.97. The summed E-state index contributed by atoms with van der Waals surface area (Å²) in [5.74, 6) is -1.77. The molecule has 1 aromatic carbocycles. The van der Waals surface area contributed by atoms with E-state index < -0.39 is 51.9 Å². The zero-order valence-electron chi connectivity index (χ0n) is 19.9. The van der Waals surface area contributed by atoms with Crippen LogP contribution in [-0.4, -0.2) is 81.6 Å². The monoisotopic (exact) mass is 576 g/mol. The molecule has 0 radical (unpaired) electrons. The van der Waals surface area contributed by atoms with Gasteiger partial charge in [-0.15, -0.1) is 5.10 Å². The largest absolute Gasteiger partial charge is 0.390 e. The number of halogens is 1. The number of nitrogens with zero attached hydrogens (tertiary/aromatic N) is 6. The third kappa shape index (κ3) is 6.54. The number of aliphatic hydroxyl groups is 2. The normalized spacial score (nSPS) is 23.9. The molecule has 37 heavy (non-hydrogen) atoms. The smallest absolute Gasteiger partial charge is 0.340 e. The van der Waals surface area contributed by atoms with Gasteiger partial charge in [-0.25, -0.2) is 4.68 Å². The lowest BCUT2D eigenvalue weighted by atomic mass is 10.1. The minimum atomic E-state index is -4.80. The molecule has 0 amide bonds. The first-order valence-corrected chi connectivity index (χ1v) is 15.1. The van der Waals surface area contributed by atoms with E-state index in [1.807, 2.05) is 43.1 Å². The van der Waals surface area contributed by atoms with Gasteiger partial charge in [-0.1, -0.05) is 35.0 Å². The lowest BCUT2D eigenvalue weighted by molar-refractivity contribution is -0.00362. The number of anilines is 1. The highest BCUT2D eigenvalue weighted by atomic mass is 35.5. The average molecular weight is 577 g/mol. The second-order valence-corrected chi connectivity index (χ2v) is 13.5. The Labute approximate surface area is 216 Å². The molecule has 1 aliphatic rings. The van der Waals surface area contributed by atoms with Crippen molar-refractivity contribution in [3.8, 4) is 0 Å². The molecule has 5 atom stereocenters. The van der Waals surface area contributed by atoms with E-state index in [1.165, 1.54) is 4.68 Å². The molecule has 4 rings (SSSR count). The van der Waals surface area contributed by atoms with Crippen LogP contribution in [0.5, 0.6) is 0 Å². The van der Waals surface area contributed by atoms with Gasteiger partial charge in [-0.05, 0) is 30.5 Å². The Morgan fingerprint density at radius 2 is 1.92 bits per heavy atom. The quantitative estimate of drug-likeness (QED) is 0.181. The maximum Gasteiger partial charge on any atom is 0.340 e. The molecule has 2 heterocycles. The first kappa shape index (κ1) is 28.0. The van der Waals surface area contributed by atoms with Gasteiger partial charge in [0.1, 0.15) is 6.10 Å². The number of aromatic nitrogens is 5. The van der Waals surface area contributed by atoms with Crippen molar-refractivity contribution in [3.63, 3.8) is 0 Å². The SMILES string of the molecule is Cc1cccc(CN(C)c2nc(Cl)nc3c2nnn3[C@@H]2C[C@H](COP(=O)(O)CP(=O)(O)O)[C@@H](O)[C@H]2O)c1. The molecule has 0 saturated heterocycles. The zero-order valence-corrected chi connectivity index (χ0v) is 22.4. The van der Waals surface area contributed by atoms with Crippen molar-refractivity contribution in [1.82, 2.24) is 25.0 Å². The van der Waals surface area contributed by atoms with Crippen molar-refractivity contribution in [3.05, 3.63) is 40.7 Å². The van der Waals surface area contributed by atoms with Gasteiger partial charge in [0.15, 0.2) is 22.9 Å². The molecule has 14 nitrogen and oxygen atoms in total. The highest BCUT2D eigenvalue weighted by Gasteiger charge is 2.45. The van der Waals surface area contributed by atoms with Gasteiger partial charge in [0.05, 0.1) is 18.8 Å². The van der Waals surface area contributed by atoms with Crippen LogP contribution in [0.1, 0.15) is 23.6 Å². The maximum absolute atomic E-state index is 12.0. The van der Waals surface area contributed by atoms with Crippen molar-refractivity contribution in [2.45, 2.75) is 38.1 Å². The van der Waals surface area contributed by atoms with Crippen molar-refractivity contribution in [1.29, 1.82) is 0 Å². The summed E-state index contributed by atoms with van der Waals surface area (Å²) in [5.41, 5.74) is 2.69. The zero-order chi connectivity index (χ0) is 27.1. The fourth-order valence-electron chi connectivity index (χ4n) is 4.43. The summed E-state index contributed by atoms with van der Waals surface area (Å²) in [4.78, 5) is 38.0. The van der Waals surface area contributed by atoms with E-state index in [-0.39, 0.29) is 17.4 Å². The highest BCUT2D eigenvalue weighted by molar-refractivity contribution is 7.70. The molecule has 0 spiro atoms. The fourth-order valence-corrected chi connectivity index (χ4v) is 7.20. The lowest BCUT2D eigenvalue weighted by Gasteiger charge is -2.19. The topological polar surface area (TPSA) is 204 Å². The fraction of sp³-hybridized carbons (Fsp3) is 0.500. The van der Waals surface area contributed by atoms with Gasteiger partial charge in [-0.2, -0.15) is 9.97 Å². The van der Waals surface area contributed by atoms with Crippen molar-refractivity contribution in [2.24, 2.45) is 5.92 Å². The predicted octanol–water partition coefficient (Wildman–Crippen LogP) is 1.44. The molecular weight excluding hydrogens is 550 g/mol. The lowest BCUT2D eigenvalue weighted by Crippen LogP contribution is -2.31. The van der Waals surface area contributed by atoms with Crippen LogP contribution in [0.4, 0.5) is 5.82 Å². The second-order valence-electron chi connectivity index (χ2n) is 9.15. The Bertz CT molecular complexity index is 1390. The maximum atomic E-state index is 12.0. The summed E-state index contributed by atoms with van der Waals surface area (Å²) in [7, 11) is -7.61. The van der Waals surface area contributed by atoms with Crippen molar-refractivity contribution in [2.75, 3.05) is 24.5 Å². The molecule has 2 aromatic heterocycles. The number of aliphatic hydroxyl groups excluding tert-OH is 2. The van der Waals surface area contributed by atoms with E-state index in [1.54, 1.807) is 0 Å². The third-order valence-corrected chi connectivity index (χ3v) is 9.71. The van der Waals surface area contributed by atoms with Crippen LogP contribution in [0.15, 0.2) is 24.3 Å². The molecule has 5 N–H and O–H groups in total. The molecule has 1 unspecified atom stereocenters. The van der Waals surface area contributed by atoms with Crippen LogP contribution in [0.2, 0.25) is 5.28 Å². The Kier molecular flexibility index (Phi) is 8.06. The van der Waals surface area contributed by atoms with E-state index in [2.05, 4.69) is 20.3 Å². The Hall–Kier alpha value is -1.99. The Morgan fingerprint density at radius 3 is 2.59 bits per heavy atom. The van der Waals surface area contributed by atoms with Gasteiger partial charge in [0, 0.05) is 19.5 Å². The van der Waals surface area contributed by atoms with E-state index in [4.69, 9.17) is 25.9 Å². The molecule has 3 aromatic rings. The van der Waals surface area contributed by atoms with Crippen LogP contribution >= 0.6 is 26.8 Å². The van der Waals surface area contributed by atoms with Crippen LogP contribution in [0, 0.1) is 12.8 Å². The molecule has 17 heteroatoms. The number of rotatable bonds is 9. The minimum Gasteiger partial charge on any atom is -0.390 e. The summed E-state index contributed by atoms with van der Waals surface area (Å²) >= 11 is 6.21. The standard InChI is InChI=1S/C20H27ClN6O8P2/c1-11-4-3-5-12(6-11)8-26(2)18-15-19(23-20(21)22-18)27(25-24-15)14-7-13(16(28)17(14)29)9-35-37(33,34)10-36(30,31)32/h3-6,13-14,16-17,28-29H,7-10H2,1-2H3,(H,33,34)(H2,30,31,32)/t13-,14-,16-,17+/m1/s1. The third-order valence-electron chi connectivity index (χ3n) is 6.08. The molecule has 1 saturated carbocycles. The molecule has 0 aliphatic heterocycles. The Balaban J connectivity index is 1.56. The highest BCUT2D eigenvalue weighted by Crippen LogP contribution is 2.56. The van der Waals surface area contributed by atoms with Gasteiger partial charge in [-0.3, -0.25) is 9.13 Å². The molecule has 202 valence electrons. The first-order chi connectivity index (χ1) is 17.2. The van der Waals surface area contributed by atoms with Crippen LogP contribution in [0.3, 0.4) is 0 Å². The van der Waals surface area contributed by atoms with Gasteiger partial charge >= 0.3 is 15.2 Å². The summed E-state index contributed by atoms with van der Waals surface area (Å²) in [5, 5.41) is 29.5. The minimum absolute atomic E-state index is 0.0484. The molecule has 0 bridgehead atoms. The van der Waals surface area contributed by atoms with Gasteiger partial charge < -0.3 is 34.3 Å². The van der Waals surface area contributed by atoms with E-state index >= 15 is 0 Å². The molecular formula is C20H27ClN6O8P2. The molecule has 1 aliphatic carbocycles. The summed E-state index contributed by atoms with van der Waals surface area (Å²) < 4.78 is 29.2. The first-order valence-electron chi connectivity index (χ1n) is 11.2. The van der Waals surface area contributed by atoms with Crippen LogP contribution in [0.25, 0.3) is 11.2 Å². The van der Waals surface area contributed by atoms with Crippen LogP contribution < -0.4 is 4.90 Å². The second kappa shape index (κ2) is 10.6. The predicted molar refractivity (Wildman–Crippen MR) is 133 cm³/mol. The van der Waals surface area contributed by atoms with Crippen molar-refractivity contribution >= 4 is 43.8 Å². The number of benzene rings is 1. The average Bonchev–Trinajstić information content (AvgIpc) is 3.31. The number of hydrogen-bond acceptors (Lipinski definition) is 10. The number of hydrogen-bond donors (Lipinski definition) is 5. The van der Waals surface area contributed by atoms with Gasteiger partial charge in [0.2, 0.25) is 5.28 Å². The Morgan fingerprint density at radius 1 is 1.19 bits per heavy atom. The van der Waals surface area contributed by atoms with E-state index in [9.17, 15) is 24.2 Å². The molecule has 1 fully saturated rings. The van der Waals surface area contributed by atoms with E-state index in [0.717, 1.165) is 11.1 Å². The van der Waals surface area contributed by atoms with Gasteiger partial charge in [0.25, 0.3) is 0 Å². The summed E-state index contributed by atoms with van der Waals surface area (Å²) in [6.07, 6.45) is -2.69.